The average molecular weight is 445 g/mol. The van der Waals surface area contributed by atoms with Crippen LogP contribution in [0, 0.1) is 34.5 Å². The molecular formula is C27H35F3N2. The zero-order valence-electron chi connectivity index (χ0n) is 19.3. The van der Waals surface area contributed by atoms with Gasteiger partial charge in [0.25, 0.3) is 0 Å². The van der Waals surface area contributed by atoms with Crippen molar-refractivity contribution in [2.45, 2.75) is 84.2 Å². The van der Waals surface area contributed by atoms with Crippen LogP contribution >= 0.6 is 0 Å². The average Bonchev–Trinajstić information content (AvgIpc) is 3.09. The molecule has 0 heterocycles. The zero-order valence-corrected chi connectivity index (χ0v) is 19.3. The highest BCUT2D eigenvalue weighted by Crippen LogP contribution is 2.65. The highest BCUT2D eigenvalue weighted by atomic mass is 19.4. The van der Waals surface area contributed by atoms with Crippen molar-refractivity contribution >= 4 is 11.9 Å². The predicted molar refractivity (Wildman–Crippen MR) is 123 cm³/mol. The van der Waals surface area contributed by atoms with E-state index in [0.29, 0.717) is 11.3 Å². The second kappa shape index (κ2) is 7.99. The summed E-state index contributed by atoms with van der Waals surface area (Å²) in [5.41, 5.74) is 1.10. The second-order valence-electron chi connectivity index (χ2n) is 11.3. The van der Waals surface area contributed by atoms with Gasteiger partial charge in [0.15, 0.2) is 0 Å². The third-order valence-electron chi connectivity index (χ3n) is 9.97. The van der Waals surface area contributed by atoms with Crippen LogP contribution in [0.2, 0.25) is 0 Å². The Morgan fingerprint density at radius 1 is 0.938 bits per heavy atom. The van der Waals surface area contributed by atoms with Gasteiger partial charge in [0.05, 0.1) is 11.8 Å². The molecule has 174 valence electrons. The highest BCUT2D eigenvalue weighted by Gasteiger charge is 2.59. The van der Waals surface area contributed by atoms with E-state index in [1.165, 1.54) is 63.3 Å². The molecule has 4 saturated carbocycles. The molecule has 3 unspecified atom stereocenters. The van der Waals surface area contributed by atoms with Crippen LogP contribution in [0.1, 0.15) is 89.2 Å². The maximum atomic E-state index is 13.3. The monoisotopic (exact) mass is 444 g/mol. The SMILES string of the molecule is C[C@@]12CCC3C(CC[C@@H]4CCCC[C@@]34C)C1CC/C2=N\N=C\c1ccccc1C(F)(F)F. The molecular weight excluding hydrogens is 409 g/mol. The third-order valence-corrected chi connectivity index (χ3v) is 9.97. The van der Waals surface area contributed by atoms with Crippen molar-refractivity contribution in [2.24, 2.45) is 44.7 Å². The number of hydrogen-bond donors (Lipinski definition) is 0. The normalized spacial score (nSPS) is 40.8. The van der Waals surface area contributed by atoms with E-state index in [1.54, 1.807) is 6.07 Å². The van der Waals surface area contributed by atoms with Gasteiger partial charge in [0, 0.05) is 16.7 Å². The lowest BCUT2D eigenvalue weighted by Crippen LogP contribution is -2.52. The Bertz CT molecular complexity index is 920. The quantitative estimate of drug-likeness (QED) is 0.327. The summed E-state index contributed by atoms with van der Waals surface area (Å²) >= 11 is 0. The molecule has 1 aromatic carbocycles. The van der Waals surface area contributed by atoms with E-state index in [4.69, 9.17) is 0 Å². The zero-order chi connectivity index (χ0) is 22.6. The van der Waals surface area contributed by atoms with Crippen LogP contribution in [0.15, 0.2) is 34.5 Å². The van der Waals surface area contributed by atoms with Gasteiger partial charge in [-0.2, -0.15) is 23.4 Å². The molecule has 4 aliphatic carbocycles. The molecule has 2 nitrogen and oxygen atoms in total. The number of halogens is 3. The first-order valence-electron chi connectivity index (χ1n) is 12.5. The Balaban J connectivity index is 1.37. The summed E-state index contributed by atoms with van der Waals surface area (Å²) in [6.07, 6.45) is 9.75. The molecule has 4 fully saturated rings. The van der Waals surface area contributed by atoms with E-state index in [2.05, 4.69) is 24.1 Å². The van der Waals surface area contributed by atoms with Gasteiger partial charge in [0.1, 0.15) is 0 Å². The fraction of sp³-hybridized carbons (Fsp3) is 0.704. The number of rotatable bonds is 2. The second-order valence-corrected chi connectivity index (χ2v) is 11.3. The number of nitrogens with zero attached hydrogens (tertiary/aromatic N) is 2. The van der Waals surface area contributed by atoms with Crippen LogP contribution in [0.5, 0.6) is 0 Å². The first-order valence-corrected chi connectivity index (χ1v) is 12.5. The molecule has 1 aromatic rings. The molecule has 0 radical (unpaired) electrons. The summed E-state index contributed by atoms with van der Waals surface area (Å²) in [6, 6.07) is 5.58. The van der Waals surface area contributed by atoms with Crippen molar-refractivity contribution in [2.75, 3.05) is 0 Å². The maximum absolute atomic E-state index is 13.3. The minimum Gasteiger partial charge on any atom is -0.166 e. The van der Waals surface area contributed by atoms with E-state index < -0.39 is 11.7 Å². The molecule has 6 atom stereocenters. The summed E-state index contributed by atoms with van der Waals surface area (Å²) in [7, 11) is 0. The summed E-state index contributed by atoms with van der Waals surface area (Å²) in [5.74, 6) is 3.17. The molecule has 0 bridgehead atoms. The third kappa shape index (κ3) is 3.54. The fourth-order valence-electron chi connectivity index (χ4n) is 8.28. The van der Waals surface area contributed by atoms with Crippen molar-refractivity contribution in [3.8, 4) is 0 Å². The van der Waals surface area contributed by atoms with E-state index in [-0.39, 0.29) is 11.0 Å². The smallest absolute Gasteiger partial charge is 0.166 e. The Kier molecular flexibility index (Phi) is 5.53. The van der Waals surface area contributed by atoms with Gasteiger partial charge in [-0.25, -0.2) is 0 Å². The van der Waals surface area contributed by atoms with E-state index >= 15 is 0 Å². The Morgan fingerprint density at radius 2 is 1.75 bits per heavy atom. The van der Waals surface area contributed by atoms with Crippen molar-refractivity contribution in [1.82, 2.24) is 0 Å². The van der Waals surface area contributed by atoms with Crippen LogP contribution in [0.25, 0.3) is 0 Å². The molecule has 0 amide bonds. The summed E-state index contributed by atoms with van der Waals surface area (Å²) in [4.78, 5) is 0. The predicted octanol–water partition coefficient (Wildman–Crippen LogP) is 7.91. The van der Waals surface area contributed by atoms with Crippen LogP contribution in [-0.4, -0.2) is 11.9 Å². The van der Waals surface area contributed by atoms with E-state index in [1.807, 2.05) is 0 Å². The maximum Gasteiger partial charge on any atom is 0.417 e. The topological polar surface area (TPSA) is 24.7 Å². The van der Waals surface area contributed by atoms with E-state index in [0.717, 1.165) is 48.8 Å². The van der Waals surface area contributed by atoms with Crippen LogP contribution < -0.4 is 0 Å². The number of benzene rings is 1. The molecule has 4 aliphatic rings. The minimum absolute atomic E-state index is 0.0555. The molecule has 0 N–H and O–H groups in total. The van der Waals surface area contributed by atoms with E-state index in [9.17, 15) is 13.2 Å². The van der Waals surface area contributed by atoms with Gasteiger partial charge >= 0.3 is 6.18 Å². The molecule has 0 aliphatic heterocycles. The number of alkyl halides is 3. The molecule has 0 spiro atoms. The Morgan fingerprint density at radius 3 is 2.56 bits per heavy atom. The van der Waals surface area contributed by atoms with Gasteiger partial charge in [-0.3, -0.25) is 0 Å². The van der Waals surface area contributed by atoms with Gasteiger partial charge in [-0.1, -0.05) is 44.9 Å². The summed E-state index contributed by atoms with van der Waals surface area (Å²) in [6.45, 7) is 4.94. The van der Waals surface area contributed by atoms with Gasteiger partial charge < -0.3 is 0 Å². The van der Waals surface area contributed by atoms with Gasteiger partial charge in [-0.15, -0.1) is 0 Å². The Labute approximate surface area is 189 Å². The molecule has 5 heteroatoms. The highest BCUT2D eigenvalue weighted by molar-refractivity contribution is 5.93. The lowest BCUT2D eigenvalue weighted by atomic mass is 9.45. The van der Waals surface area contributed by atoms with Crippen LogP contribution in [-0.2, 0) is 6.18 Å². The standard InChI is InChI=1S/C27H35F3N2/c1-25-15-6-5-8-19(25)10-11-20-22-12-13-24(26(22,2)16-14-23(20)25)32-31-17-18-7-3-4-9-21(18)27(28,29)30/h3-4,7,9,17,19-20,22-23H,5-6,8,10-16H2,1-2H3/b31-17+,32-24+/t19-,20?,22?,23?,25+,26+/m0/s1. The Hall–Kier alpha value is -1.65. The molecule has 32 heavy (non-hydrogen) atoms. The van der Waals surface area contributed by atoms with Crippen molar-refractivity contribution < 1.29 is 13.2 Å². The van der Waals surface area contributed by atoms with Gasteiger partial charge in [-0.05, 0) is 86.5 Å². The minimum atomic E-state index is -4.38. The molecule has 5 rings (SSSR count). The summed E-state index contributed by atoms with van der Waals surface area (Å²) < 4.78 is 39.8. The van der Waals surface area contributed by atoms with Crippen LogP contribution in [0.4, 0.5) is 13.2 Å². The number of hydrogen-bond acceptors (Lipinski definition) is 2. The first kappa shape index (κ1) is 22.2. The molecule has 0 saturated heterocycles. The molecule has 0 aromatic heterocycles. The summed E-state index contributed by atoms with van der Waals surface area (Å²) in [5, 5.41) is 8.73. The first-order chi connectivity index (χ1) is 15.2. The fourth-order valence-corrected chi connectivity index (χ4v) is 8.28. The van der Waals surface area contributed by atoms with Crippen LogP contribution in [0.3, 0.4) is 0 Å². The van der Waals surface area contributed by atoms with Crippen molar-refractivity contribution in [1.29, 1.82) is 0 Å². The largest absolute Gasteiger partial charge is 0.417 e. The van der Waals surface area contributed by atoms with Gasteiger partial charge in [0.2, 0.25) is 0 Å². The lowest BCUT2D eigenvalue weighted by molar-refractivity contribution is -0.137. The lowest BCUT2D eigenvalue weighted by Gasteiger charge is -2.59. The van der Waals surface area contributed by atoms with Crippen molar-refractivity contribution in [3.63, 3.8) is 0 Å². The van der Waals surface area contributed by atoms with Crippen molar-refractivity contribution in [3.05, 3.63) is 35.4 Å². The number of fused-ring (bicyclic) bond motifs is 5.